The van der Waals surface area contributed by atoms with E-state index in [1.165, 1.54) is 0 Å². The van der Waals surface area contributed by atoms with Crippen molar-refractivity contribution in [2.45, 2.75) is 6.54 Å². The van der Waals surface area contributed by atoms with Crippen LogP contribution in [0.1, 0.15) is 5.69 Å². The van der Waals surface area contributed by atoms with Crippen LogP contribution in [0.2, 0.25) is 0 Å². The summed E-state index contributed by atoms with van der Waals surface area (Å²) < 4.78 is 10.8. The quantitative estimate of drug-likeness (QED) is 0.462. The standard InChI is InChI=1S/C24H26N8O2/c1-33-19-7-6-16(13-20(19)34-2)18-14-27-22-21(28-18)23(30-24(25)29-22)32-11-9-31(10-12-32)15-17-5-3-4-8-26-17/h3-8,13-14H,9-12,15H2,1-2H3,(H2,25,27,29,30). The van der Waals surface area contributed by atoms with Crippen LogP contribution in [0.5, 0.6) is 11.5 Å². The highest BCUT2D eigenvalue weighted by molar-refractivity contribution is 5.86. The first-order valence-electron chi connectivity index (χ1n) is 11.0. The van der Waals surface area contributed by atoms with E-state index in [1.54, 1.807) is 20.4 Å². The molecular weight excluding hydrogens is 432 g/mol. The molecule has 4 heterocycles. The van der Waals surface area contributed by atoms with E-state index in [0.29, 0.717) is 34.2 Å². The molecule has 2 N–H and O–H groups in total. The molecule has 0 bridgehead atoms. The van der Waals surface area contributed by atoms with Crippen LogP contribution in [0.15, 0.2) is 48.8 Å². The Hall–Kier alpha value is -4.05. The number of methoxy groups -OCH3 is 2. The number of anilines is 2. The first-order chi connectivity index (χ1) is 16.6. The molecule has 5 rings (SSSR count). The van der Waals surface area contributed by atoms with Gasteiger partial charge in [-0.2, -0.15) is 9.97 Å². The van der Waals surface area contributed by atoms with Gasteiger partial charge in [0.1, 0.15) is 0 Å². The second-order valence-corrected chi connectivity index (χ2v) is 7.99. The Balaban J connectivity index is 1.42. The number of piperazine rings is 1. The molecule has 0 radical (unpaired) electrons. The van der Waals surface area contributed by atoms with Crippen molar-refractivity contribution < 1.29 is 9.47 Å². The van der Waals surface area contributed by atoms with E-state index in [4.69, 9.17) is 20.2 Å². The fraction of sp³-hybridized carbons (Fsp3) is 0.292. The monoisotopic (exact) mass is 458 g/mol. The molecule has 0 unspecified atom stereocenters. The first kappa shape index (κ1) is 21.8. The van der Waals surface area contributed by atoms with Crippen molar-refractivity contribution in [2.75, 3.05) is 51.0 Å². The summed E-state index contributed by atoms with van der Waals surface area (Å²) in [6.45, 7) is 4.17. The summed E-state index contributed by atoms with van der Waals surface area (Å²) in [6.07, 6.45) is 3.51. The number of benzene rings is 1. The van der Waals surface area contributed by atoms with E-state index in [2.05, 4.69) is 35.8 Å². The molecule has 1 aliphatic rings. The molecule has 10 heteroatoms. The van der Waals surface area contributed by atoms with Gasteiger partial charge in [-0.25, -0.2) is 9.97 Å². The van der Waals surface area contributed by atoms with Gasteiger partial charge in [-0.15, -0.1) is 0 Å². The Morgan fingerprint density at radius 3 is 2.47 bits per heavy atom. The highest BCUT2D eigenvalue weighted by Crippen LogP contribution is 2.32. The molecule has 34 heavy (non-hydrogen) atoms. The van der Waals surface area contributed by atoms with Gasteiger partial charge in [0.2, 0.25) is 5.95 Å². The van der Waals surface area contributed by atoms with Gasteiger partial charge in [-0.1, -0.05) is 6.07 Å². The van der Waals surface area contributed by atoms with E-state index >= 15 is 0 Å². The van der Waals surface area contributed by atoms with E-state index < -0.39 is 0 Å². The van der Waals surface area contributed by atoms with E-state index in [9.17, 15) is 0 Å². The third kappa shape index (κ3) is 4.40. The first-order valence-corrected chi connectivity index (χ1v) is 11.0. The molecule has 0 amide bonds. The van der Waals surface area contributed by atoms with Crippen molar-refractivity contribution in [3.05, 3.63) is 54.5 Å². The molecule has 1 fully saturated rings. The summed E-state index contributed by atoms with van der Waals surface area (Å²) in [7, 11) is 3.22. The fourth-order valence-corrected chi connectivity index (χ4v) is 4.10. The molecule has 174 valence electrons. The number of aromatic nitrogens is 5. The summed E-state index contributed by atoms with van der Waals surface area (Å²) in [5, 5.41) is 0. The van der Waals surface area contributed by atoms with Crippen molar-refractivity contribution in [1.82, 2.24) is 29.8 Å². The zero-order chi connectivity index (χ0) is 23.5. The van der Waals surface area contributed by atoms with Crippen LogP contribution in [0.3, 0.4) is 0 Å². The summed E-state index contributed by atoms with van der Waals surface area (Å²) in [5.41, 5.74) is 9.73. The minimum Gasteiger partial charge on any atom is -0.493 e. The lowest BCUT2D eigenvalue weighted by atomic mass is 10.1. The van der Waals surface area contributed by atoms with Gasteiger partial charge in [0.05, 0.1) is 31.8 Å². The third-order valence-electron chi connectivity index (χ3n) is 5.87. The summed E-state index contributed by atoms with van der Waals surface area (Å²) in [5.74, 6) is 2.17. The van der Waals surface area contributed by atoms with Crippen molar-refractivity contribution >= 4 is 22.9 Å². The minimum absolute atomic E-state index is 0.187. The Labute approximate surface area is 197 Å². The number of fused-ring (bicyclic) bond motifs is 1. The molecule has 3 aromatic heterocycles. The summed E-state index contributed by atoms with van der Waals surface area (Å²) in [6, 6.07) is 11.7. The van der Waals surface area contributed by atoms with Gasteiger partial charge >= 0.3 is 0 Å². The second kappa shape index (κ2) is 9.44. The maximum absolute atomic E-state index is 6.01. The summed E-state index contributed by atoms with van der Waals surface area (Å²) >= 11 is 0. The van der Waals surface area contributed by atoms with Crippen LogP contribution < -0.4 is 20.1 Å². The highest BCUT2D eigenvalue weighted by Gasteiger charge is 2.22. The molecule has 4 aromatic rings. The lowest BCUT2D eigenvalue weighted by Crippen LogP contribution is -2.46. The van der Waals surface area contributed by atoms with Crippen LogP contribution in [-0.4, -0.2) is 70.2 Å². The van der Waals surface area contributed by atoms with Crippen LogP contribution >= 0.6 is 0 Å². The van der Waals surface area contributed by atoms with Crippen LogP contribution in [0.4, 0.5) is 11.8 Å². The Morgan fingerprint density at radius 2 is 1.74 bits per heavy atom. The Kier molecular flexibility index (Phi) is 6.05. The van der Waals surface area contributed by atoms with Gasteiger partial charge in [0.15, 0.2) is 28.5 Å². The van der Waals surface area contributed by atoms with Crippen molar-refractivity contribution in [3.8, 4) is 22.8 Å². The topological polar surface area (TPSA) is 115 Å². The number of pyridine rings is 1. The van der Waals surface area contributed by atoms with Gasteiger partial charge in [-0.05, 0) is 30.3 Å². The number of nitrogens with two attached hydrogens (primary N) is 1. The smallest absolute Gasteiger partial charge is 0.224 e. The van der Waals surface area contributed by atoms with Crippen molar-refractivity contribution in [2.24, 2.45) is 0 Å². The molecule has 1 aromatic carbocycles. The van der Waals surface area contributed by atoms with E-state index in [1.807, 2.05) is 36.5 Å². The molecule has 1 aliphatic heterocycles. The van der Waals surface area contributed by atoms with Gasteiger partial charge in [0, 0.05) is 44.5 Å². The molecule has 0 atom stereocenters. The number of rotatable bonds is 6. The number of nitrogen functional groups attached to an aromatic ring is 1. The Morgan fingerprint density at radius 1 is 0.912 bits per heavy atom. The second-order valence-electron chi connectivity index (χ2n) is 7.99. The van der Waals surface area contributed by atoms with E-state index in [0.717, 1.165) is 44.0 Å². The van der Waals surface area contributed by atoms with Gasteiger partial charge in [0.25, 0.3) is 0 Å². The largest absolute Gasteiger partial charge is 0.493 e. The maximum atomic E-state index is 6.01. The third-order valence-corrected chi connectivity index (χ3v) is 5.87. The molecular formula is C24H26N8O2. The van der Waals surface area contributed by atoms with Crippen molar-refractivity contribution in [1.29, 1.82) is 0 Å². The maximum Gasteiger partial charge on any atom is 0.224 e. The average Bonchev–Trinajstić information content (AvgIpc) is 2.88. The highest BCUT2D eigenvalue weighted by atomic mass is 16.5. The molecule has 10 nitrogen and oxygen atoms in total. The molecule has 0 aliphatic carbocycles. The minimum atomic E-state index is 0.187. The van der Waals surface area contributed by atoms with Gasteiger partial charge < -0.3 is 20.1 Å². The molecule has 1 saturated heterocycles. The number of ether oxygens (including phenoxy) is 2. The molecule has 0 spiro atoms. The summed E-state index contributed by atoms with van der Waals surface area (Å²) in [4.78, 5) is 27.3. The normalized spacial score (nSPS) is 14.4. The fourth-order valence-electron chi connectivity index (χ4n) is 4.10. The molecule has 0 saturated carbocycles. The Bertz CT molecular complexity index is 1290. The number of hydrogen-bond donors (Lipinski definition) is 1. The number of nitrogens with zero attached hydrogens (tertiary/aromatic N) is 7. The van der Waals surface area contributed by atoms with Crippen LogP contribution in [0, 0.1) is 0 Å². The lowest BCUT2D eigenvalue weighted by Gasteiger charge is -2.35. The predicted octanol–water partition coefficient (Wildman–Crippen LogP) is 2.40. The zero-order valence-electron chi connectivity index (χ0n) is 19.2. The average molecular weight is 459 g/mol. The van der Waals surface area contributed by atoms with Crippen LogP contribution in [-0.2, 0) is 6.54 Å². The zero-order valence-corrected chi connectivity index (χ0v) is 19.2. The SMILES string of the molecule is COc1ccc(-c2cnc3nc(N)nc(N4CCN(Cc5ccccn5)CC4)c3n2)cc1OC. The van der Waals surface area contributed by atoms with Gasteiger partial charge in [-0.3, -0.25) is 9.88 Å². The van der Waals surface area contributed by atoms with E-state index in [-0.39, 0.29) is 5.95 Å². The van der Waals surface area contributed by atoms with Crippen LogP contribution in [0.25, 0.3) is 22.4 Å². The number of hydrogen-bond acceptors (Lipinski definition) is 10. The lowest BCUT2D eigenvalue weighted by molar-refractivity contribution is 0.247. The van der Waals surface area contributed by atoms with Crippen molar-refractivity contribution in [3.63, 3.8) is 0 Å². The predicted molar refractivity (Wildman–Crippen MR) is 130 cm³/mol.